The molecule has 0 bridgehead atoms. The largest absolute Gasteiger partial charge is 0.390 e. The maximum Gasteiger partial charge on any atom is 0.308 e. The lowest BCUT2D eigenvalue weighted by molar-refractivity contribution is -0.0479. The number of hydrogen-bond acceptors (Lipinski definition) is 9. The minimum atomic E-state index is -3.33. The summed E-state index contributed by atoms with van der Waals surface area (Å²) in [6.07, 6.45) is 3.51. The number of aromatic nitrogens is 3. The van der Waals surface area contributed by atoms with Crippen LogP contribution in [0.4, 0.5) is 24.1 Å². The van der Waals surface area contributed by atoms with E-state index in [1.807, 2.05) is 4.90 Å². The average Bonchev–Trinajstić information content (AvgIpc) is 3.41. The number of anilines is 2. The molecule has 0 saturated carbocycles. The number of halogens is 3. The van der Waals surface area contributed by atoms with Crippen LogP contribution in [0.3, 0.4) is 0 Å². The maximum absolute atomic E-state index is 14.6. The van der Waals surface area contributed by atoms with Crippen molar-refractivity contribution >= 4 is 28.2 Å². The van der Waals surface area contributed by atoms with Gasteiger partial charge in [-0.05, 0) is 47.9 Å². The summed E-state index contributed by atoms with van der Waals surface area (Å²) in [6, 6.07) is 4.52. The Labute approximate surface area is 220 Å². The molecule has 2 aromatic heterocycles. The number of alkyl halides is 2. The van der Waals surface area contributed by atoms with E-state index in [1.165, 1.54) is 18.3 Å². The Hall–Kier alpha value is -3.29. The summed E-state index contributed by atoms with van der Waals surface area (Å²) in [4.78, 5) is 28.8. The Morgan fingerprint density at radius 2 is 2.00 bits per heavy atom. The zero-order valence-electron chi connectivity index (χ0n) is 20.3. The van der Waals surface area contributed by atoms with Crippen molar-refractivity contribution in [2.45, 2.75) is 44.4 Å². The van der Waals surface area contributed by atoms with Crippen LogP contribution >= 0.6 is 11.3 Å². The molecule has 38 heavy (non-hydrogen) atoms. The van der Waals surface area contributed by atoms with E-state index in [0.29, 0.717) is 18.9 Å². The van der Waals surface area contributed by atoms with Crippen LogP contribution in [0.15, 0.2) is 24.4 Å². The number of hydrogen-bond donors (Lipinski definition) is 3. The van der Waals surface area contributed by atoms with Gasteiger partial charge in [0.05, 0.1) is 30.8 Å². The highest BCUT2D eigenvalue weighted by molar-refractivity contribution is 7.15. The average molecular weight is 546 g/mol. The molecular formula is C25H26F3N7O2S. The van der Waals surface area contributed by atoms with E-state index in [4.69, 9.17) is 11.5 Å². The molecule has 1 aromatic carbocycles. The third-order valence-electron chi connectivity index (χ3n) is 7.97. The molecule has 1 amide bonds. The second-order valence-corrected chi connectivity index (χ2v) is 11.3. The molecule has 3 aromatic rings. The SMILES string of the molecule is Nc1nc2c(s1)CN(C(=O)c1cnc(N3CCC4(CC3)Cc3ccc(F)cc3[C@H]4N)c(CO)n1)CC2(F)F. The van der Waals surface area contributed by atoms with E-state index in [1.54, 1.807) is 6.07 Å². The fraction of sp³-hybridized carbons (Fsp3) is 0.440. The number of rotatable bonds is 3. The van der Waals surface area contributed by atoms with Gasteiger partial charge in [-0.2, -0.15) is 8.78 Å². The van der Waals surface area contributed by atoms with Crippen LogP contribution in [-0.2, 0) is 25.5 Å². The number of carbonyl (C=O) groups is 1. The van der Waals surface area contributed by atoms with E-state index >= 15 is 0 Å². The topological polar surface area (TPSA) is 134 Å². The third kappa shape index (κ3) is 4.00. The number of nitrogens with two attached hydrogens (primary N) is 2. The van der Waals surface area contributed by atoms with E-state index in [0.717, 1.165) is 46.6 Å². The lowest BCUT2D eigenvalue weighted by atomic mass is 9.73. The maximum atomic E-state index is 14.6. The molecule has 3 aliphatic rings. The predicted octanol–water partition coefficient (Wildman–Crippen LogP) is 2.74. The van der Waals surface area contributed by atoms with Gasteiger partial charge in [0, 0.05) is 19.1 Å². The molecule has 1 aliphatic carbocycles. The first kappa shape index (κ1) is 25.0. The lowest BCUT2D eigenvalue weighted by Crippen LogP contribution is -2.45. The quantitative estimate of drug-likeness (QED) is 0.458. The second-order valence-electron chi connectivity index (χ2n) is 10.2. The van der Waals surface area contributed by atoms with Crippen molar-refractivity contribution in [3.05, 3.63) is 63.3 Å². The highest BCUT2D eigenvalue weighted by atomic mass is 32.1. The Balaban J connectivity index is 1.19. The first-order chi connectivity index (χ1) is 18.1. The smallest absolute Gasteiger partial charge is 0.308 e. The summed E-state index contributed by atoms with van der Waals surface area (Å²) in [5, 5.41) is 10.0. The van der Waals surface area contributed by atoms with Crippen LogP contribution in [-0.4, -0.2) is 50.5 Å². The van der Waals surface area contributed by atoms with Gasteiger partial charge in [-0.25, -0.2) is 19.3 Å². The third-order valence-corrected chi connectivity index (χ3v) is 8.84. The summed E-state index contributed by atoms with van der Waals surface area (Å²) < 4.78 is 43.1. The van der Waals surface area contributed by atoms with Crippen molar-refractivity contribution in [2.24, 2.45) is 11.1 Å². The number of amides is 1. The van der Waals surface area contributed by atoms with Crippen LogP contribution in [0.25, 0.3) is 0 Å². The molecular weight excluding hydrogens is 519 g/mol. The van der Waals surface area contributed by atoms with E-state index < -0.39 is 25.0 Å². The highest BCUT2D eigenvalue weighted by Gasteiger charge is 2.47. The molecule has 9 nitrogen and oxygen atoms in total. The van der Waals surface area contributed by atoms with Gasteiger partial charge in [0.1, 0.15) is 22.9 Å². The number of benzene rings is 1. The molecule has 6 rings (SSSR count). The minimum Gasteiger partial charge on any atom is -0.390 e. The highest BCUT2D eigenvalue weighted by Crippen LogP contribution is 2.51. The number of thiazole rings is 1. The van der Waals surface area contributed by atoms with Crippen molar-refractivity contribution in [2.75, 3.05) is 30.3 Å². The molecule has 0 unspecified atom stereocenters. The number of nitrogen functional groups attached to an aromatic ring is 1. The fourth-order valence-corrected chi connectivity index (χ4v) is 6.90. The summed E-state index contributed by atoms with van der Waals surface area (Å²) in [7, 11) is 0. The van der Waals surface area contributed by atoms with Crippen molar-refractivity contribution < 1.29 is 23.1 Å². The second kappa shape index (κ2) is 8.89. The first-order valence-electron chi connectivity index (χ1n) is 12.3. The number of nitrogens with zero attached hydrogens (tertiary/aromatic N) is 5. The van der Waals surface area contributed by atoms with Gasteiger partial charge >= 0.3 is 5.92 Å². The number of carbonyl (C=O) groups excluding carboxylic acids is 1. The Morgan fingerprint density at radius 1 is 1.24 bits per heavy atom. The zero-order valence-corrected chi connectivity index (χ0v) is 21.1. The van der Waals surface area contributed by atoms with Gasteiger partial charge in [-0.3, -0.25) is 4.79 Å². The Kier molecular flexibility index (Phi) is 5.85. The zero-order chi connectivity index (χ0) is 26.8. The standard InChI is InChI=1S/C25H26F3N7O2S/c26-14-2-1-13-8-24(19(29)15(13)7-14)3-5-34(6-4-24)21-17(11-36)32-16(9-31-21)22(37)35-10-18-20(25(27,28)12-35)33-23(30)38-18/h1-2,7,9,19,36H,3-6,8,10-12,29H2,(H2,30,33)/t19-/m1/s1. The van der Waals surface area contributed by atoms with Gasteiger partial charge in [-0.1, -0.05) is 17.4 Å². The number of piperidine rings is 1. The number of aliphatic hydroxyl groups excluding tert-OH is 1. The molecule has 5 N–H and O–H groups in total. The normalized spacial score (nSPS) is 21.4. The monoisotopic (exact) mass is 545 g/mol. The summed E-state index contributed by atoms with van der Waals surface area (Å²) >= 11 is 0.925. The fourth-order valence-electron chi connectivity index (χ4n) is 5.99. The van der Waals surface area contributed by atoms with Crippen molar-refractivity contribution in [3.63, 3.8) is 0 Å². The van der Waals surface area contributed by atoms with Gasteiger partial charge in [0.25, 0.3) is 5.91 Å². The number of fused-ring (bicyclic) bond motifs is 2. The van der Waals surface area contributed by atoms with E-state index in [-0.39, 0.29) is 50.9 Å². The molecule has 1 saturated heterocycles. The summed E-state index contributed by atoms with van der Waals surface area (Å²) in [5.74, 6) is -3.90. The van der Waals surface area contributed by atoms with Crippen molar-refractivity contribution in [3.8, 4) is 0 Å². The molecule has 13 heteroatoms. The molecule has 0 radical (unpaired) electrons. The van der Waals surface area contributed by atoms with Gasteiger partial charge in [0.2, 0.25) is 0 Å². The molecule has 1 fully saturated rings. The first-order valence-corrected chi connectivity index (χ1v) is 13.1. The Morgan fingerprint density at radius 3 is 2.74 bits per heavy atom. The van der Waals surface area contributed by atoms with Crippen LogP contribution < -0.4 is 16.4 Å². The minimum absolute atomic E-state index is 0.0219. The van der Waals surface area contributed by atoms with Gasteiger partial charge in [0.15, 0.2) is 10.9 Å². The Bertz CT molecular complexity index is 1420. The van der Waals surface area contributed by atoms with E-state index in [2.05, 4.69) is 15.0 Å². The lowest BCUT2D eigenvalue weighted by Gasteiger charge is -2.42. The van der Waals surface area contributed by atoms with Crippen LogP contribution in [0.5, 0.6) is 0 Å². The van der Waals surface area contributed by atoms with Gasteiger partial charge in [-0.15, -0.1) is 0 Å². The molecule has 4 heterocycles. The summed E-state index contributed by atoms with van der Waals surface area (Å²) in [5.41, 5.74) is 13.6. The van der Waals surface area contributed by atoms with Crippen molar-refractivity contribution in [1.82, 2.24) is 19.9 Å². The molecule has 1 spiro atoms. The van der Waals surface area contributed by atoms with Gasteiger partial charge < -0.3 is 26.4 Å². The van der Waals surface area contributed by atoms with Crippen molar-refractivity contribution in [1.29, 1.82) is 0 Å². The number of aliphatic hydroxyl groups is 1. The van der Waals surface area contributed by atoms with Crippen LogP contribution in [0, 0.1) is 11.2 Å². The summed E-state index contributed by atoms with van der Waals surface area (Å²) in [6.45, 7) is -0.195. The molecule has 2 aliphatic heterocycles. The molecule has 200 valence electrons. The molecule has 1 atom stereocenters. The predicted molar refractivity (Wildman–Crippen MR) is 134 cm³/mol. The van der Waals surface area contributed by atoms with Crippen LogP contribution in [0.1, 0.15) is 56.8 Å². The van der Waals surface area contributed by atoms with Crippen LogP contribution in [0.2, 0.25) is 0 Å². The van der Waals surface area contributed by atoms with E-state index in [9.17, 15) is 23.1 Å².